The summed E-state index contributed by atoms with van der Waals surface area (Å²) in [6.07, 6.45) is 1.80. The lowest BCUT2D eigenvalue weighted by Crippen LogP contribution is -2.19. The molecule has 0 unspecified atom stereocenters. The van der Waals surface area contributed by atoms with E-state index < -0.39 is 0 Å². The Hall–Kier alpha value is -3.76. The molecule has 4 aromatic rings. The van der Waals surface area contributed by atoms with Crippen LogP contribution in [0.15, 0.2) is 88.8 Å². The van der Waals surface area contributed by atoms with Crippen LogP contribution < -0.4 is 10.1 Å². The molecule has 0 bridgehead atoms. The quantitative estimate of drug-likeness (QED) is 0.271. The van der Waals surface area contributed by atoms with Crippen LogP contribution in [0.1, 0.15) is 16.7 Å². The monoisotopic (exact) mass is 529 g/mol. The van der Waals surface area contributed by atoms with Crippen LogP contribution in [0.3, 0.4) is 0 Å². The van der Waals surface area contributed by atoms with Crippen molar-refractivity contribution in [2.24, 2.45) is 4.99 Å². The second kappa shape index (κ2) is 10.5. The van der Waals surface area contributed by atoms with Gasteiger partial charge in [-0.1, -0.05) is 77.8 Å². The van der Waals surface area contributed by atoms with Crippen LogP contribution >= 0.6 is 35.0 Å². The third kappa shape index (κ3) is 4.95. The van der Waals surface area contributed by atoms with E-state index in [1.165, 1.54) is 11.8 Å². The van der Waals surface area contributed by atoms with Gasteiger partial charge in [-0.25, -0.2) is 4.99 Å². The first kappa shape index (κ1) is 24.0. The van der Waals surface area contributed by atoms with Gasteiger partial charge in [-0.2, -0.15) is 5.26 Å². The van der Waals surface area contributed by atoms with Crippen LogP contribution in [-0.2, 0) is 11.4 Å². The summed E-state index contributed by atoms with van der Waals surface area (Å²) in [7, 11) is 0. The average molecular weight is 530 g/mol. The number of nitrogens with zero attached hydrogens (tertiary/aromatic N) is 2. The van der Waals surface area contributed by atoms with Gasteiger partial charge in [0.05, 0.1) is 32.3 Å². The number of fused-ring (bicyclic) bond motifs is 1. The van der Waals surface area contributed by atoms with Gasteiger partial charge in [0, 0.05) is 11.1 Å². The van der Waals surface area contributed by atoms with Gasteiger partial charge in [0.2, 0.25) is 0 Å². The number of carbonyl (C=O) groups is 1. The van der Waals surface area contributed by atoms with Crippen molar-refractivity contribution < 1.29 is 9.53 Å². The molecule has 4 aromatic carbocycles. The van der Waals surface area contributed by atoms with Crippen LogP contribution in [0, 0.1) is 11.3 Å². The summed E-state index contributed by atoms with van der Waals surface area (Å²) in [4.78, 5) is 17.8. The fourth-order valence-corrected chi connectivity index (χ4v) is 4.92. The lowest BCUT2D eigenvalue weighted by Gasteiger charge is -2.13. The summed E-state index contributed by atoms with van der Waals surface area (Å²) in [6.45, 7) is 0.220. The highest BCUT2D eigenvalue weighted by Crippen LogP contribution is 2.37. The number of nitriles is 1. The Morgan fingerprint density at radius 1 is 1.00 bits per heavy atom. The van der Waals surface area contributed by atoms with Crippen molar-refractivity contribution >= 4 is 68.6 Å². The van der Waals surface area contributed by atoms with Crippen molar-refractivity contribution in [1.29, 1.82) is 5.26 Å². The fourth-order valence-electron chi connectivity index (χ4n) is 3.76. The predicted octanol–water partition coefficient (Wildman–Crippen LogP) is 7.49. The van der Waals surface area contributed by atoms with Crippen LogP contribution in [0.2, 0.25) is 10.0 Å². The number of ether oxygens (including phenoxy) is 1. The summed E-state index contributed by atoms with van der Waals surface area (Å²) < 4.78 is 6.17. The van der Waals surface area contributed by atoms with Gasteiger partial charge < -0.3 is 10.1 Å². The number of nitrogens with one attached hydrogen (secondary N) is 1. The summed E-state index contributed by atoms with van der Waals surface area (Å²) in [6, 6.07) is 26.4. The molecule has 0 saturated carbocycles. The van der Waals surface area contributed by atoms with Gasteiger partial charge in [-0.05, 0) is 52.9 Å². The number of amidine groups is 1. The smallest absolute Gasteiger partial charge is 0.264 e. The molecule has 0 atom stereocenters. The number of hydrogen-bond acceptors (Lipinski definition) is 5. The minimum Gasteiger partial charge on any atom is -0.488 e. The molecular weight excluding hydrogens is 513 g/mol. The zero-order valence-electron chi connectivity index (χ0n) is 18.7. The molecule has 5 nitrogen and oxygen atoms in total. The Morgan fingerprint density at radius 2 is 1.81 bits per heavy atom. The third-order valence-corrected chi connectivity index (χ3v) is 7.25. The van der Waals surface area contributed by atoms with Crippen LogP contribution in [0.25, 0.3) is 16.8 Å². The zero-order chi connectivity index (χ0) is 25.1. The summed E-state index contributed by atoms with van der Waals surface area (Å²) in [5.41, 5.74) is 2.58. The van der Waals surface area contributed by atoms with Crippen molar-refractivity contribution in [2.75, 3.05) is 0 Å². The minimum atomic E-state index is -0.273. The first-order valence-corrected chi connectivity index (χ1v) is 12.5. The van der Waals surface area contributed by atoms with E-state index in [1.54, 1.807) is 30.3 Å². The lowest BCUT2D eigenvalue weighted by atomic mass is 10.0. The van der Waals surface area contributed by atoms with Gasteiger partial charge in [-0.3, -0.25) is 4.79 Å². The number of benzene rings is 4. The molecule has 1 fully saturated rings. The molecule has 0 spiro atoms. The highest BCUT2D eigenvalue weighted by Gasteiger charge is 2.25. The highest BCUT2D eigenvalue weighted by molar-refractivity contribution is 8.18. The van der Waals surface area contributed by atoms with E-state index in [2.05, 4.69) is 16.4 Å². The normalized spacial score (nSPS) is 15.3. The van der Waals surface area contributed by atoms with Crippen molar-refractivity contribution in [1.82, 2.24) is 5.32 Å². The lowest BCUT2D eigenvalue weighted by molar-refractivity contribution is -0.115. The third-order valence-electron chi connectivity index (χ3n) is 5.53. The van der Waals surface area contributed by atoms with Crippen molar-refractivity contribution in [2.45, 2.75) is 6.61 Å². The van der Waals surface area contributed by atoms with Gasteiger partial charge >= 0.3 is 0 Å². The Labute approximate surface area is 222 Å². The molecule has 5 rings (SSSR count). The maximum Gasteiger partial charge on any atom is 0.264 e. The molecule has 1 amide bonds. The number of amides is 1. The van der Waals surface area contributed by atoms with E-state index >= 15 is 0 Å². The second-order valence-electron chi connectivity index (χ2n) is 7.81. The van der Waals surface area contributed by atoms with E-state index in [1.807, 2.05) is 54.6 Å². The second-order valence-corrected chi connectivity index (χ2v) is 9.63. The van der Waals surface area contributed by atoms with Crippen molar-refractivity contribution in [3.05, 3.63) is 111 Å². The molecule has 0 aromatic heterocycles. The van der Waals surface area contributed by atoms with Crippen LogP contribution in [0.4, 0.5) is 5.69 Å². The number of aliphatic imine (C=N–C) groups is 1. The maximum absolute atomic E-state index is 12.8. The van der Waals surface area contributed by atoms with E-state index in [9.17, 15) is 10.1 Å². The predicted molar refractivity (Wildman–Crippen MR) is 147 cm³/mol. The molecule has 1 saturated heterocycles. The number of halogens is 2. The van der Waals surface area contributed by atoms with E-state index in [0.717, 1.165) is 21.9 Å². The molecule has 1 aliphatic heterocycles. The SMILES string of the molecule is N#Cc1ccccc1COc1ccc2ccccc2c1C=C1SC(=Nc2cccc(Cl)c2Cl)NC1=O. The van der Waals surface area contributed by atoms with Crippen molar-refractivity contribution in [3.8, 4) is 11.8 Å². The zero-order valence-corrected chi connectivity index (χ0v) is 21.0. The highest BCUT2D eigenvalue weighted by atomic mass is 35.5. The molecule has 176 valence electrons. The maximum atomic E-state index is 12.8. The summed E-state index contributed by atoms with van der Waals surface area (Å²) in [5, 5.41) is 15.3. The molecule has 0 aliphatic carbocycles. The molecule has 36 heavy (non-hydrogen) atoms. The van der Waals surface area contributed by atoms with Gasteiger partial charge in [0.25, 0.3) is 5.91 Å². The standard InChI is InChI=1S/C28H17Cl2N3O2S/c29-22-10-5-11-23(26(22)30)32-28-33-27(34)25(36-28)14-21-20-9-4-3-6-17(20)12-13-24(21)35-16-19-8-2-1-7-18(19)15-31/h1-14H,16H2,(H,32,33,34). The number of rotatable bonds is 5. The topological polar surface area (TPSA) is 74.5 Å². The van der Waals surface area contributed by atoms with E-state index in [-0.39, 0.29) is 12.5 Å². The molecule has 0 radical (unpaired) electrons. The first-order chi connectivity index (χ1) is 17.5. The molecule has 1 heterocycles. The molecule has 1 aliphatic rings. The first-order valence-electron chi connectivity index (χ1n) is 10.9. The molecule has 8 heteroatoms. The summed E-state index contributed by atoms with van der Waals surface area (Å²) >= 11 is 13.6. The molecular formula is C28H17Cl2N3O2S. The Kier molecular flexibility index (Phi) is 6.97. The average Bonchev–Trinajstić information content (AvgIpc) is 3.24. The minimum absolute atomic E-state index is 0.220. The number of hydrogen-bond donors (Lipinski definition) is 1. The van der Waals surface area contributed by atoms with Gasteiger partial charge in [-0.15, -0.1) is 0 Å². The van der Waals surface area contributed by atoms with E-state index in [4.69, 9.17) is 27.9 Å². The summed E-state index contributed by atoms with van der Waals surface area (Å²) in [5.74, 6) is 0.330. The Balaban J connectivity index is 1.51. The largest absolute Gasteiger partial charge is 0.488 e. The fraction of sp³-hybridized carbons (Fsp3) is 0.0357. The van der Waals surface area contributed by atoms with Gasteiger partial charge in [0.1, 0.15) is 12.4 Å². The van der Waals surface area contributed by atoms with E-state index in [0.29, 0.717) is 37.1 Å². The van der Waals surface area contributed by atoms with Crippen LogP contribution in [0.5, 0.6) is 5.75 Å². The van der Waals surface area contributed by atoms with Crippen LogP contribution in [-0.4, -0.2) is 11.1 Å². The molecule has 1 N–H and O–H groups in total. The number of thioether (sulfide) groups is 1. The van der Waals surface area contributed by atoms with Gasteiger partial charge in [0.15, 0.2) is 5.17 Å². The van der Waals surface area contributed by atoms with Crippen molar-refractivity contribution in [3.63, 3.8) is 0 Å². The Morgan fingerprint density at radius 3 is 2.67 bits per heavy atom. The number of carbonyl (C=O) groups excluding carboxylic acids is 1. The Bertz CT molecular complexity index is 1610.